The van der Waals surface area contributed by atoms with E-state index in [2.05, 4.69) is 15.3 Å². The van der Waals surface area contributed by atoms with Crippen LogP contribution in [0, 0.1) is 0 Å². The van der Waals surface area contributed by atoms with E-state index >= 15 is 0 Å². The molecule has 0 aromatic heterocycles. The van der Waals surface area contributed by atoms with Gasteiger partial charge in [-0.3, -0.25) is 0 Å². The Balaban J connectivity index is 2.15. The van der Waals surface area contributed by atoms with E-state index in [0.717, 1.165) is 16.4 Å². The van der Waals surface area contributed by atoms with Crippen molar-refractivity contribution in [2.75, 3.05) is 0 Å². The molecule has 0 radical (unpaired) electrons. The SMILES string of the molecule is CC1(C)N=C(N)NC(Cc2ccc(Cl)cc2)=N1. The molecule has 17 heavy (non-hydrogen) atoms. The number of benzene rings is 1. The molecule has 4 nitrogen and oxygen atoms in total. The van der Waals surface area contributed by atoms with Crippen LogP contribution in [0.5, 0.6) is 0 Å². The molecular weight excluding hydrogens is 236 g/mol. The summed E-state index contributed by atoms with van der Waals surface area (Å²) in [5.74, 6) is 1.23. The van der Waals surface area contributed by atoms with Gasteiger partial charge in [-0.05, 0) is 31.5 Å². The van der Waals surface area contributed by atoms with E-state index in [1.54, 1.807) is 0 Å². The zero-order chi connectivity index (χ0) is 12.5. The summed E-state index contributed by atoms with van der Waals surface area (Å²) in [7, 11) is 0. The largest absolute Gasteiger partial charge is 0.370 e. The maximum absolute atomic E-state index is 5.84. The van der Waals surface area contributed by atoms with Crippen molar-refractivity contribution in [2.24, 2.45) is 15.7 Å². The number of halogens is 1. The van der Waals surface area contributed by atoms with Crippen LogP contribution >= 0.6 is 11.6 Å². The lowest BCUT2D eigenvalue weighted by Crippen LogP contribution is -2.44. The zero-order valence-corrected chi connectivity index (χ0v) is 10.6. The van der Waals surface area contributed by atoms with Crippen molar-refractivity contribution in [3.8, 4) is 0 Å². The van der Waals surface area contributed by atoms with Gasteiger partial charge < -0.3 is 11.1 Å². The van der Waals surface area contributed by atoms with Crippen LogP contribution in [0.1, 0.15) is 19.4 Å². The molecule has 0 unspecified atom stereocenters. The molecule has 0 amide bonds. The van der Waals surface area contributed by atoms with Crippen LogP contribution in [-0.2, 0) is 6.42 Å². The fourth-order valence-corrected chi connectivity index (χ4v) is 1.86. The van der Waals surface area contributed by atoms with Gasteiger partial charge in [0.05, 0.1) is 0 Å². The summed E-state index contributed by atoms with van der Waals surface area (Å²) in [6, 6.07) is 7.68. The van der Waals surface area contributed by atoms with Crippen LogP contribution in [-0.4, -0.2) is 17.5 Å². The average molecular weight is 251 g/mol. The van der Waals surface area contributed by atoms with Crippen molar-refractivity contribution < 1.29 is 0 Å². The Morgan fingerprint density at radius 3 is 2.47 bits per heavy atom. The van der Waals surface area contributed by atoms with E-state index in [9.17, 15) is 0 Å². The number of nitrogens with one attached hydrogen (secondary N) is 1. The van der Waals surface area contributed by atoms with Gasteiger partial charge >= 0.3 is 0 Å². The predicted octanol–water partition coefficient (Wildman–Crippen LogP) is 1.94. The Kier molecular flexibility index (Phi) is 3.07. The minimum Gasteiger partial charge on any atom is -0.370 e. The summed E-state index contributed by atoms with van der Waals surface area (Å²) in [5.41, 5.74) is 6.36. The van der Waals surface area contributed by atoms with E-state index < -0.39 is 5.66 Å². The fourth-order valence-electron chi connectivity index (χ4n) is 1.73. The molecule has 0 saturated carbocycles. The van der Waals surface area contributed by atoms with Crippen molar-refractivity contribution in [1.29, 1.82) is 0 Å². The van der Waals surface area contributed by atoms with Gasteiger partial charge in [-0.2, -0.15) is 0 Å². The highest BCUT2D eigenvalue weighted by Gasteiger charge is 2.21. The number of amidine groups is 1. The minimum absolute atomic E-state index is 0.411. The molecule has 0 fully saturated rings. The standard InChI is InChI=1S/C12H15ClN4/c1-12(2)16-10(15-11(14)17-12)7-8-3-5-9(13)6-4-8/h3-6H,7H2,1-2H3,(H3,14,15,16,17). The van der Waals surface area contributed by atoms with Crippen LogP contribution in [0.25, 0.3) is 0 Å². The van der Waals surface area contributed by atoms with Crippen LogP contribution in [0.15, 0.2) is 34.3 Å². The Morgan fingerprint density at radius 2 is 1.88 bits per heavy atom. The van der Waals surface area contributed by atoms with Gasteiger partial charge in [0.1, 0.15) is 11.5 Å². The van der Waals surface area contributed by atoms with Crippen molar-refractivity contribution in [2.45, 2.75) is 25.9 Å². The van der Waals surface area contributed by atoms with Gasteiger partial charge in [0, 0.05) is 11.4 Å². The molecule has 1 heterocycles. The lowest BCUT2D eigenvalue weighted by Gasteiger charge is -2.24. The maximum Gasteiger partial charge on any atom is 0.196 e. The summed E-state index contributed by atoms with van der Waals surface area (Å²) in [4.78, 5) is 8.68. The van der Waals surface area contributed by atoms with E-state index in [4.69, 9.17) is 17.3 Å². The summed E-state index contributed by atoms with van der Waals surface area (Å²) in [6.07, 6.45) is 0.691. The van der Waals surface area contributed by atoms with Gasteiger partial charge in [0.15, 0.2) is 5.96 Å². The van der Waals surface area contributed by atoms with Crippen LogP contribution in [0.3, 0.4) is 0 Å². The lowest BCUT2D eigenvalue weighted by molar-refractivity contribution is 0.539. The van der Waals surface area contributed by atoms with E-state index in [0.29, 0.717) is 12.4 Å². The maximum atomic E-state index is 5.84. The Morgan fingerprint density at radius 1 is 1.24 bits per heavy atom. The molecule has 0 bridgehead atoms. The quantitative estimate of drug-likeness (QED) is 0.843. The van der Waals surface area contributed by atoms with Gasteiger partial charge in [-0.1, -0.05) is 23.7 Å². The molecule has 2 rings (SSSR count). The van der Waals surface area contributed by atoms with E-state index in [-0.39, 0.29) is 0 Å². The second-order valence-electron chi connectivity index (χ2n) is 4.48. The molecule has 1 aromatic rings. The number of guanidine groups is 1. The lowest BCUT2D eigenvalue weighted by atomic mass is 10.1. The Bertz CT molecular complexity index is 474. The number of nitrogens with two attached hydrogens (primary N) is 1. The molecule has 0 atom stereocenters. The second-order valence-corrected chi connectivity index (χ2v) is 4.91. The third kappa shape index (κ3) is 3.20. The first-order chi connectivity index (χ1) is 7.94. The number of nitrogens with zero attached hydrogens (tertiary/aromatic N) is 2. The van der Waals surface area contributed by atoms with Gasteiger partial charge in [-0.15, -0.1) is 0 Å². The molecule has 1 aliphatic rings. The number of hydrogen-bond donors (Lipinski definition) is 2. The highest BCUT2D eigenvalue weighted by Crippen LogP contribution is 2.15. The third-order valence-corrected chi connectivity index (χ3v) is 2.61. The Labute approximate surface area is 106 Å². The highest BCUT2D eigenvalue weighted by atomic mass is 35.5. The zero-order valence-electron chi connectivity index (χ0n) is 9.87. The molecule has 3 N–H and O–H groups in total. The van der Waals surface area contributed by atoms with E-state index in [1.807, 2.05) is 38.1 Å². The summed E-state index contributed by atoms with van der Waals surface area (Å²) < 4.78 is 0. The average Bonchev–Trinajstić information content (AvgIpc) is 2.18. The van der Waals surface area contributed by atoms with Crippen molar-refractivity contribution in [3.63, 3.8) is 0 Å². The van der Waals surface area contributed by atoms with E-state index in [1.165, 1.54) is 0 Å². The first-order valence-electron chi connectivity index (χ1n) is 5.40. The van der Waals surface area contributed by atoms with Crippen molar-refractivity contribution in [1.82, 2.24) is 5.32 Å². The van der Waals surface area contributed by atoms with Gasteiger partial charge in [0.2, 0.25) is 0 Å². The number of hydrogen-bond acceptors (Lipinski definition) is 4. The summed E-state index contributed by atoms with van der Waals surface area (Å²) in [5, 5.41) is 3.71. The van der Waals surface area contributed by atoms with Crippen LogP contribution in [0.4, 0.5) is 0 Å². The molecule has 0 saturated heterocycles. The third-order valence-electron chi connectivity index (χ3n) is 2.36. The van der Waals surface area contributed by atoms with Crippen molar-refractivity contribution in [3.05, 3.63) is 34.9 Å². The molecule has 5 heteroatoms. The monoisotopic (exact) mass is 250 g/mol. The fraction of sp³-hybridized carbons (Fsp3) is 0.333. The highest BCUT2D eigenvalue weighted by molar-refractivity contribution is 6.30. The topological polar surface area (TPSA) is 62.8 Å². The first kappa shape index (κ1) is 11.9. The number of rotatable bonds is 2. The minimum atomic E-state index is -0.489. The number of aliphatic imine (C=N–C) groups is 2. The molecule has 1 aliphatic heterocycles. The molecule has 0 spiro atoms. The Hall–Kier alpha value is -1.55. The smallest absolute Gasteiger partial charge is 0.196 e. The summed E-state index contributed by atoms with van der Waals surface area (Å²) >= 11 is 5.84. The summed E-state index contributed by atoms with van der Waals surface area (Å²) in [6.45, 7) is 3.84. The van der Waals surface area contributed by atoms with Crippen LogP contribution < -0.4 is 11.1 Å². The van der Waals surface area contributed by atoms with Crippen LogP contribution in [0.2, 0.25) is 5.02 Å². The normalized spacial score (nSPS) is 18.1. The predicted molar refractivity (Wildman–Crippen MR) is 71.4 cm³/mol. The van der Waals surface area contributed by atoms with Gasteiger partial charge in [-0.25, -0.2) is 9.98 Å². The molecular formula is C12H15ClN4. The van der Waals surface area contributed by atoms with Gasteiger partial charge in [0.25, 0.3) is 0 Å². The van der Waals surface area contributed by atoms with Crippen molar-refractivity contribution >= 4 is 23.4 Å². The molecule has 90 valence electrons. The first-order valence-corrected chi connectivity index (χ1v) is 5.78. The molecule has 0 aliphatic carbocycles. The molecule has 1 aromatic carbocycles. The second kappa shape index (κ2) is 4.37.